The standard InChI is InChI=1S/C21H20N4OS2/c1-13(17-12-22-25(15(17)3)16-8-5-4-6-9-16)23-20(26)19-14(2)24-21(28-19)18-10-7-11-27-18/h4-13H,1-3H3,(H,23,26). The van der Waals surface area contributed by atoms with Crippen molar-refractivity contribution in [1.82, 2.24) is 20.1 Å². The minimum absolute atomic E-state index is 0.0998. The molecule has 0 fully saturated rings. The van der Waals surface area contributed by atoms with Crippen molar-refractivity contribution >= 4 is 28.6 Å². The highest BCUT2D eigenvalue weighted by Crippen LogP contribution is 2.31. The van der Waals surface area contributed by atoms with Crippen LogP contribution < -0.4 is 5.32 Å². The van der Waals surface area contributed by atoms with Crippen molar-refractivity contribution in [3.63, 3.8) is 0 Å². The summed E-state index contributed by atoms with van der Waals surface area (Å²) in [5, 5.41) is 10.5. The van der Waals surface area contributed by atoms with Crippen LogP contribution in [0, 0.1) is 13.8 Å². The molecular formula is C21H20N4OS2. The van der Waals surface area contributed by atoms with Crippen LogP contribution in [0.5, 0.6) is 0 Å². The Morgan fingerprint density at radius 1 is 1.14 bits per heavy atom. The molecule has 5 nitrogen and oxygen atoms in total. The van der Waals surface area contributed by atoms with Gasteiger partial charge in [-0.05, 0) is 44.4 Å². The molecule has 1 aromatic carbocycles. The van der Waals surface area contributed by atoms with E-state index in [9.17, 15) is 4.79 Å². The maximum Gasteiger partial charge on any atom is 0.263 e. The highest BCUT2D eigenvalue weighted by atomic mass is 32.1. The van der Waals surface area contributed by atoms with Crippen LogP contribution in [0.4, 0.5) is 0 Å². The number of rotatable bonds is 5. The molecule has 0 saturated carbocycles. The predicted molar refractivity (Wildman–Crippen MR) is 114 cm³/mol. The van der Waals surface area contributed by atoms with Gasteiger partial charge < -0.3 is 5.32 Å². The summed E-state index contributed by atoms with van der Waals surface area (Å²) in [6.45, 7) is 5.88. The lowest BCUT2D eigenvalue weighted by Gasteiger charge is -2.14. The number of nitrogens with zero attached hydrogens (tertiary/aromatic N) is 3. The van der Waals surface area contributed by atoms with Crippen molar-refractivity contribution in [3.8, 4) is 15.6 Å². The summed E-state index contributed by atoms with van der Waals surface area (Å²) in [5.74, 6) is -0.0998. The molecule has 4 aromatic rings. The maximum absolute atomic E-state index is 12.9. The molecule has 0 saturated heterocycles. The van der Waals surface area contributed by atoms with Gasteiger partial charge in [-0.25, -0.2) is 9.67 Å². The van der Waals surface area contributed by atoms with Gasteiger partial charge in [0, 0.05) is 11.3 Å². The third kappa shape index (κ3) is 3.50. The lowest BCUT2D eigenvalue weighted by molar-refractivity contribution is 0.0943. The second-order valence-electron chi connectivity index (χ2n) is 6.54. The molecule has 0 aliphatic carbocycles. The Morgan fingerprint density at radius 3 is 2.64 bits per heavy atom. The first kappa shape index (κ1) is 18.6. The fourth-order valence-corrected chi connectivity index (χ4v) is 4.90. The minimum atomic E-state index is -0.156. The van der Waals surface area contributed by atoms with Crippen LogP contribution in [0.2, 0.25) is 0 Å². The lowest BCUT2D eigenvalue weighted by atomic mass is 10.1. The molecular weight excluding hydrogens is 388 g/mol. The predicted octanol–water partition coefficient (Wildman–Crippen LogP) is 5.17. The first-order valence-corrected chi connectivity index (χ1v) is 10.7. The number of thiazole rings is 1. The molecule has 1 amide bonds. The molecule has 1 N–H and O–H groups in total. The summed E-state index contributed by atoms with van der Waals surface area (Å²) in [5.41, 5.74) is 3.77. The lowest BCUT2D eigenvalue weighted by Crippen LogP contribution is -2.26. The van der Waals surface area contributed by atoms with Gasteiger partial charge in [0.05, 0.1) is 28.5 Å². The largest absolute Gasteiger partial charge is 0.345 e. The Balaban J connectivity index is 1.54. The van der Waals surface area contributed by atoms with Gasteiger partial charge in [0.1, 0.15) is 9.88 Å². The summed E-state index contributed by atoms with van der Waals surface area (Å²) >= 11 is 3.06. The number of thiophene rings is 1. The van der Waals surface area contributed by atoms with Gasteiger partial charge in [-0.15, -0.1) is 22.7 Å². The third-order valence-corrected chi connectivity index (χ3v) is 6.79. The molecule has 3 heterocycles. The Labute approximate surface area is 171 Å². The van der Waals surface area contributed by atoms with Gasteiger partial charge in [-0.2, -0.15) is 5.10 Å². The molecule has 1 atom stereocenters. The zero-order chi connectivity index (χ0) is 19.7. The summed E-state index contributed by atoms with van der Waals surface area (Å²) in [7, 11) is 0. The number of hydrogen-bond acceptors (Lipinski definition) is 5. The first-order valence-electron chi connectivity index (χ1n) is 8.96. The van der Waals surface area contributed by atoms with E-state index in [1.165, 1.54) is 11.3 Å². The minimum Gasteiger partial charge on any atom is -0.345 e. The molecule has 3 aromatic heterocycles. The second-order valence-corrected chi connectivity index (χ2v) is 8.49. The molecule has 0 aliphatic rings. The number of amides is 1. The van der Waals surface area contributed by atoms with Gasteiger partial charge >= 0.3 is 0 Å². The van der Waals surface area contributed by atoms with E-state index < -0.39 is 0 Å². The van der Waals surface area contributed by atoms with Crippen molar-refractivity contribution < 1.29 is 4.79 Å². The van der Waals surface area contributed by atoms with E-state index in [1.807, 2.05) is 79.5 Å². The molecule has 142 valence electrons. The summed E-state index contributed by atoms with van der Waals surface area (Å²) < 4.78 is 1.89. The van der Waals surface area contributed by atoms with Gasteiger partial charge in [-0.1, -0.05) is 24.3 Å². The molecule has 28 heavy (non-hydrogen) atoms. The fourth-order valence-electron chi connectivity index (χ4n) is 3.13. The van der Waals surface area contributed by atoms with E-state index in [0.29, 0.717) is 4.88 Å². The Morgan fingerprint density at radius 2 is 1.93 bits per heavy atom. The van der Waals surface area contributed by atoms with Crippen LogP contribution in [0.25, 0.3) is 15.6 Å². The van der Waals surface area contributed by atoms with Gasteiger partial charge in [0.2, 0.25) is 0 Å². The summed E-state index contributed by atoms with van der Waals surface area (Å²) in [4.78, 5) is 19.2. The van der Waals surface area contributed by atoms with Crippen LogP contribution >= 0.6 is 22.7 Å². The average molecular weight is 409 g/mol. The van der Waals surface area contributed by atoms with Crippen molar-refractivity contribution in [3.05, 3.63) is 75.9 Å². The second kappa shape index (κ2) is 7.69. The molecule has 7 heteroatoms. The number of hydrogen-bond donors (Lipinski definition) is 1. The zero-order valence-electron chi connectivity index (χ0n) is 15.8. The van der Waals surface area contributed by atoms with E-state index >= 15 is 0 Å². The maximum atomic E-state index is 12.9. The van der Waals surface area contributed by atoms with Crippen molar-refractivity contribution in [2.75, 3.05) is 0 Å². The van der Waals surface area contributed by atoms with E-state index in [4.69, 9.17) is 0 Å². The molecule has 1 unspecified atom stereocenters. The normalized spacial score (nSPS) is 12.1. The van der Waals surface area contributed by atoms with Crippen LogP contribution in [0.15, 0.2) is 54.0 Å². The fraction of sp³-hybridized carbons (Fsp3) is 0.190. The van der Waals surface area contributed by atoms with Gasteiger partial charge in [-0.3, -0.25) is 4.79 Å². The van der Waals surface area contributed by atoms with Crippen LogP contribution in [0.3, 0.4) is 0 Å². The zero-order valence-corrected chi connectivity index (χ0v) is 17.5. The van der Waals surface area contributed by atoms with E-state index in [-0.39, 0.29) is 11.9 Å². The van der Waals surface area contributed by atoms with E-state index in [0.717, 1.165) is 32.5 Å². The number of aromatic nitrogens is 3. The smallest absolute Gasteiger partial charge is 0.263 e. The summed E-state index contributed by atoms with van der Waals surface area (Å²) in [6.07, 6.45) is 1.82. The van der Waals surface area contributed by atoms with Crippen molar-refractivity contribution in [2.24, 2.45) is 0 Å². The van der Waals surface area contributed by atoms with E-state index in [1.54, 1.807) is 11.3 Å². The highest BCUT2D eigenvalue weighted by molar-refractivity contribution is 7.22. The quantitative estimate of drug-likeness (QED) is 0.496. The van der Waals surface area contributed by atoms with Gasteiger partial charge in [0.25, 0.3) is 5.91 Å². The Hall–Kier alpha value is -2.77. The van der Waals surface area contributed by atoms with E-state index in [2.05, 4.69) is 15.4 Å². The third-order valence-electron chi connectivity index (χ3n) is 4.60. The summed E-state index contributed by atoms with van der Waals surface area (Å²) in [6, 6.07) is 13.8. The Bertz CT molecular complexity index is 1100. The molecule has 0 radical (unpaired) electrons. The topological polar surface area (TPSA) is 59.8 Å². The van der Waals surface area contributed by atoms with Crippen LogP contribution in [0.1, 0.15) is 39.6 Å². The highest BCUT2D eigenvalue weighted by Gasteiger charge is 2.21. The molecule has 0 aliphatic heterocycles. The van der Waals surface area contributed by atoms with Crippen LogP contribution in [-0.4, -0.2) is 20.7 Å². The van der Waals surface area contributed by atoms with Crippen LogP contribution in [-0.2, 0) is 0 Å². The Kier molecular flexibility index (Phi) is 5.11. The molecule has 0 spiro atoms. The number of aryl methyl sites for hydroxylation is 1. The first-order chi connectivity index (χ1) is 13.5. The molecule has 0 bridgehead atoms. The SMILES string of the molecule is Cc1nc(-c2cccs2)sc1C(=O)NC(C)c1cnn(-c2ccccc2)c1C. The molecule has 4 rings (SSSR count). The average Bonchev–Trinajstić information content (AvgIpc) is 3.42. The van der Waals surface area contributed by atoms with Crippen molar-refractivity contribution in [1.29, 1.82) is 0 Å². The van der Waals surface area contributed by atoms with Gasteiger partial charge in [0.15, 0.2) is 0 Å². The number of para-hydroxylation sites is 1. The number of nitrogens with one attached hydrogen (secondary N) is 1. The monoisotopic (exact) mass is 408 g/mol. The van der Waals surface area contributed by atoms with Crippen molar-refractivity contribution in [2.45, 2.75) is 26.8 Å². The number of benzene rings is 1. The number of carbonyl (C=O) groups is 1. The number of carbonyl (C=O) groups excluding carboxylic acids is 1.